The Morgan fingerprint density at radius 3 is 2.67 bits per heavy atom. The van der Waals surface area contributed by atoms with Crippen LogP contribution in [0.25, 0.3) is 10.2 Å². The second-order valence-electron chi connectivity index (χ2n) is 6.12. The number of ether oxygens (including phenoxy) is 2. The third kappa shape index (κ3) is 4.19. The van der Waals surface area contributed by atoms with Gasteiger partial charge in [-0.2, -0.15) is 0 Å². The normalized spacial score (nSPS) is 10.9. The van der Waals surface area contributed by atoms with Crippen molar-refractivity contribution in [2.45, 2.75) is 33.2 Å². The van der Waals surface area contributed by atoms with Crippen molar-refractivity contribution in [1.82, 2.24) is 9.55 Å². The van der Waals surface area contributed by atoms with Crippen LogP contribution < -0.4 is 10.3 Å². The fourth-order valence-corrected chi connectivity index (χ4v) is 3.83. The van der Waals surface area contributed by atoms with Gasteiger partial charge in [0, 0.05) is 11.4 Å². The molecule has 2 aromatic heterocycles. The third-order valence-electron chi connectivity index (χ3n) is 4.31. The summed E-state index contributed by atoms with van der Waals surface area (Å²) in [5.41, 5.74) is 0.490. The molecule has 3 aromatic rings. The Bertz CT molecular complexity index is 1010. The van der Waals surface area contributed by atoms with E-state index in [-0.39, 0.29) is 11.5 Å². The molecule has 1 aromatic carbocycles. The van der Waals surface area contributed by atoms with E-state index in [0.29, 0.717) is 36.3 Å². The molecule has 0 bridgehead atoms. The van der Waals surface area contributed by atoms with Crippen LogP contribution in [0.2, 0.25) is 0 Å². The third-order valence-corrected chi connectivity index (χ3v) is 5.48. The molecule has 0 saturated carbocycles. The average Bonchev–Trinajstić information content (AvgIpc) is 3.10. The summed E-state index contributed by atoms with van der Waals surface area (Å²) in [6, 6.07) is 8.74. The van der Waals surface area contributed by atoms with E-state index in [1.807, 2.05) is 13.0 Å². The lowest BCUT2D eigenvalue weighted by molar-refractivity contribution is 0.0600. The van der Waals surface area contributed by atoms with Gasteiger partial charge in [0.05, 0.1) is 24.7 Å². The van der Waals surface area contributed by atoms with Crippen molar-refractivity contribution >= 4 is 27.5 Å². The highest BCUT2D eigenvalue weighted by atomic mass is 32.1. The molecular formula is C20H22N2O4S. The molecule has 0 radical (unpaired) electrons. The first-order chi connectivity index (χ1) is 13.0. The summed E-state index contributed by atoms with van der Waals surface area (Å²) in [6.07, 6.45) is 1.58. The zero-order valence-corrected chi connectivity index (χ0v) is 16.5. The smallest absolute Gasteiger partial charge is 0.337 e. The second kappa shape index (κ2) is 8.35. The SMILES string of the molecule is CCc1cc2c(=O)n(CCCOc3ccc(C(=O)OC)cc3)c(C)nc2s1. The Morgan fingerprint density at radius 1 is 1.26 bits per heavy atom. The van der Waals surface area contributed by atoms with Crippen molar-refractivity contribution in [2.75, 3.05) is 13.7 Å². The summed E-state index contributed by atoms with van der Waals surface area (Å²) in [5.74, 6) is 1.02. The van der Waals surface area contributed by atoms with Crippen molar-refractivity contribution in [3.63, 3.8) is 0 Å². The summed E-state index contributed by atoms with van der Waals surface area (Å²) >= 11 is 1.58. The van der Waals surface area contributed by atoms with E-state index in [1.165, 1.54) is 12.0 Å². The Morgan fingerprint density at radius 2 is 2.00 bits per heavy atom. The molecule has 0 spiro atoms. The predicted molar refractivity (Wildman–Crippen MR) is 106 cm³/mol. The van der Waals surface area contributed by atoms with Gasteiger partial charge < -0.3 is 9.47 Å². The molecule has 142 valence electrons. The Labute approximate surface area is 161 Å². The average molecular weight is 386 g/mol. The van der Waals surface area contributed by atoms with Crippen LogP contribution in [0, 0.1) is 6.92 Å². The summed E-state index contributed by atoms with van der Waals surface area (Å²) in [6.45, 7) is 4.94. The van der Waals surface area contributed by atoms with Gasteiger partial charge >= 0.3 is 5.97 Å². The molecular weight excluding hydrogens is 364 g/mol. The van der Waals surface area contributed by atoms with Crippen molar-refractivity contribution in [2.24, 2.45) is 0 Å². The number of rotatable bonds is 7. The lowest BCUT2D eigenvalue weighted by Crippen LogP contribution is -2.24. The summed E-state index contributed by atoms with van der Waals surface area (Å²) < 4.78 is 12.1. The molecule has 0 atom stereocenters. The van der Waals surface area contributed by atoms with E-state index in [9.17, 15) is 9.59 Å². The van der Waals surface area contributed by atoms with Gasteiger partial charge in [-0.3, -0.25) is 9.36 Å². The number of hydrogen-bond donors (Lipinski definition) is 0. The van der Waals surface area contributed by atoms with Crippen LogP contribution in [0.1, 0.15) is 34.4 Å². The Hall–Kier alpha value is -2.67. The van der Waals surface area contributed by atoms with Crippen molar-refractivity contribution < 1.29 is 14.3 Å². The number of carbonyl (C=O) groups excluding carboxylic acids is 1. The van der Waals surface area contributed by atoms with Gasteiger partial charge in [0.1, 0.15) is 16.4 Å². The number of hydrogen-bond acceptors (Lipinski definition) is 6. The minimum absolute atomic E-state index is 0.0101. The topological polar surface area (TPSA) is 70.4 Å². The number of carbonyl (C=O) groups is 1. The first kappa shape index (κ1) is 19.1. The second-order valence-corrected chi connectivity index (χ2v) is 7.23. The standard InChI is InChI=1S/C20H22N2O4S/c1-4-16-12-17-18(27-16)21-13(2)22(19(17)23)10-5-11-26-15-8-6-14(7-9-15)20(24)25-3/h6-9,12H,4-5,10-11H2,1-3H3. The molecule has 0 unspecified atom stereocenters. The number of nitrogens with zero attached hydrogens (tertiary/aromatic N) is 2. The minimum atomic E-state index is -0.376. The molecule has 0 aliphatic heterocycles. The van der Waals surface area contributed by atoms with Gasteiger partial charge in [0.2, 0.25) is 0 Å². The number of thiophene rings is 1. The Kier molecular flexibility index (Phi) is 5.91. The van der Waals surface area contributed by atoms with Gasteiger partial charge in [-0.15, -0.1) is 11.3 Å². The Balaban J connectivity index is 1.62. The van der Waals surface area contributed by atoms with E-state index in [4.69, 9.17) is 4.74 Å². The molecule has 2 heterocycles. The molecule has 6 nitrogen and oxygen atoms in total. The van der Waals surface area contributed by atoms with Gasteiger partial charge in [-0.05, 0) is 50.1 Å². The van der Waals surface area contributed by atoms with E-state index < -0.39 is 0 Å². The van der Waals surface area contributed by atoms with Crippen LogP contribution in [0.3, 0.4) is 0 Å². The highest BCUT2D eigenvalue weighted by Gasteiger charge is 2.11. The number of aryl methyl sites for hydroxylation is 2. The van der Waals surface area contributed by atoms with Gasteiger partial charge in [0.15, 0.2) is 0 Å². The molecule has 0 fully saturated rings. The van der Waals surface area contributed by atoms with Crippen LogP contribution in [-0.4, -0.2) is 29.2 Å². The van der Waals surface area contributed by atoms with Crippen LogP contribution in [0.5, 0.6) is 5.75 Å². The van der Waals surface area contributed by atoms with Crippen LogP contribution in [0.4, 0.5) is 0 Å². The molecule has 0 saturated heterocycles. The van der Waals surface area contributed by atoms with Gasteiger partial charge in [0.25, 0.3) is 5.56 Å². The molecule has 0 N–H and O–H groups in total. The molecule has 27 heavy (non-hydrogen) atoms. The highest BCUT2D eigenvalue weighted by Crippen LogP contribution is 2.22. The molecule has 3 rings (SSSR count). The lowest BCUT2D eigenvalue weighted by atomic mass is 10.2. The summed E-state index contributed by atoms with van der Waals surface area (Å²) in [7, 11) is 1.35. The summed E-state index contributed by atoms with van der Waals surface area (Å²) in [5, 5.41) is 0.696. The minimum Gasteiger partial charge on any atom is -0.494 e. The van der Waals surface area contributed by atoms with E-state index in [1.54, 1.807) is 40.2 Å². The number of esters is 1. The predicted octanol–water partition coefficient (Wildman–Crippen LogP) is 3.58. The first-order valence-corrected chi connectivity index (χ1v) is 9.66. The number of methoxy groups -OCH3 is 1. The molecule has 0 aliphatic carbocycles. The fraction of sp³-hybridized carbons (Fsp3) is 0.350. The van der Waals surface area contributed by atoms with E-state index in [0.717, 1.165) is 17.1 Å². The first-order valence-electron chi connectivity index (χ1n) is 8.84. The monoisotopic (exact) mass is 386 g/mol. The number of fused-ring (bicyclic) bond motifs is 1. The van der Waals surface area contributed by atoms with Crippen LogP contribution in [0.15, 0.2) is 35.1 Å². The zero-order valence-electron chi connectivity index (χ0n) is 15.7. The number of aromatic nitrogens is 2. The maximum atomic E-state index is 12.7. The largest absolute Gasteiger partial charge is 0.494 e. The zero-order chi connectivity index (χ0) is 19.4. The highest BCUT2D eigenvalue weighted by molar-refractivity contribution is 7.18. The van der Waals surface area contributed by atoms with Crippen LogP contribution >= 0.6 is 11.3 Å². The molecule has 0 amide bonds. The van der Waals surface area contributed by atoms with Crippen molar-refractivity contribution in [1.29, 1.82) is 0 Å². The molecule has 0 aliphatic rings. The van der Waals surface area contributed by atoms with Crippen LogP contribution in [-0.2, 0) is 17.7 Å². The van der Waals surface area contributed by atoms with Gasteiger partial charge in [-0.25, -0.2) is 9.78 Å². The van der Waals surface area contributed by atoms with Crippen molar-refractivity contribution in [3.8, 4) is 5.75 Å². The van der Waals surface area contributed by atoms with E-state index in [2.05, 4.69) is 16.6 Å². The van der Waals surface area contributed by atoms with E-state index >= 15 is 0 Å². The summed E-state index contributed by atoms with van der Waals surface area (Å²) in [4.78, 5) is 30.7. The quantitative estimate of drug-likeness (QED) is 0.458. The number of benzene rings is 1. The maximum absolute atomic E-state index is 12.7. The fourth-order valence-electron chi connectivity index (χ4n) is 2.82. The maximum Gasteiger partial charge on any atom is 0.337 e. The molecule has 7 heteroatoms. The lowest BCUT2D eigenvalue weighted by Gasteiger charge is -2.10. The van der Waals surface area contributed by atoms with Crippen molar-refractivity contribution in [3.05, 3.63) is 57.0 Å². The van der Waals surface area contributed by atoms with Gasteiger partial charge in [-0.1, -0.05) is 6.92 Å².